The van der Waals surface area contributed by atoms with Crippen molar-refractivity contribution in [2.75, 3.05) is 13.2 Å². The molecule has 1 aromatic heterocycles. The zero-order valence-corrected chi connectivity index (χ0v) is 10.5. The molecule has 1 aromatic rings. The van der Waals surface area contributed by atoms with Crippen LogP contribution in [0.1, 0.15) is 20.1 Å². The third-order valence-electron chi connectivity index (χ3n) is 2.61. The largest absolute Gasteiger partial charge is 0.477 e. The smallest absolute Gasteiger partial charge is 0.345 e. The van der Waals surface area contributed by atoms with Crippen LogP contribution in [0.25, 0.3) is 0 Å². The number of morpholine rings is 1. The first kappa shape index (κ1) is 12.7. The van der Waals surface area contributed by atoms with E-state index in [4.69, 9.17) is 9.84 Å². The van der Waals surface area contributed by atoms with Gasteiger partial charge in [-0.3, -0.25) is 14.5 Å². The highest BCUT2D eigenvalue weighted by molar-refractivity contribution is 7.14. The molecule has 0 atom stereocenters. The maximum Gasteiger partial charge on any atom is 0.345 e. The third-order valence-corrected chi connectivity index (χ3v) is 3.69. The van der Waals surface area contributed by atoms with Gasteiger partial charge in [-0.1, -0.05) is 0 Å². The molecule has 2 heterocycles. The van der Waals surface area contributed by atoms with E-state index in [9.17, 15) is 14.4 Å². The Bertz CT molecular complexity index is 506. The number of imide groups is 1. The highest BCUT2D eigenvalue weighted by Gasteiger charge is 2.27. The van der Waals surface area contributed by atoms with Crippen molar-refractivity contribution < 1.29 is 24.2 Å². The van der Waals surface area contributed by atoms with Gasteiger partial charge in [-0.25, -0.2) is 4.79 Å². The molecule has 6 nitrogen and oxygen atoms in total. The first-order chi connectivity index (χ1) is 8.49. The van der Waals surface area contributed by atoms with Crippen LogP contribution in [0.4, 0.5) is 0 Å². The molecule has 0 unspecified atom stereocenters. The molecule has 0 spiro atoms. The van der Waals surface area contributed by atoms with Gasteiger partial charge in [0.1, 0.15) is 18.1 Å². The Morgan fingerprint density at radius 3 is 2.56 bits per heavy atom. The Morgan fingerprint density at radius 1 is 1.44 bits per heavy atom. The lowest BCUT2D eigenvalue weighted by molar-refractivity contribution is -0.159. The molecule has 1 aliphatic rings. The topological polar surface area (TPSA) is 83.9 Å². The summed E-state index contributed by atoms with van der Waals surface area (Å²) in [4.78, 5) is 36.0. The predicted octanol–water partition coefficient (Wildman–Crippen LogP) is 0.640. The summed E-state index contributed by atoms with van der Waals surface area (Å²) in [6.07, 6.45) is 0. The molecule has 1 aliphatic heterocycles. The van der Waals surface area contributed by atoms with Gasteiger partial charge >= 0.3 is 5.97 Å². The number of hydrogen-bond acceptors (Lipinski definition) is 5. The number of nitrogens with zero attached hydrogens (tertiary/aromatic N) is 1. The number of carbonyl (C=O) groups is 3. The van der Waals surface area contributed by atoms with E-state index >= 15 is 0 Å². The minimum atomic E-state index is -1.01. The first-order valence-corrected chi connectivity index (χ1v) is 6.04. The zero-order valence-electron chi connectivity index (χ0n) is 9.63. The highest BCUT2D eigenvalue weighted by atomic mass is 32.1. The van der Waals surface area contributed by atoms with Crippen LogP contribution in [-0.4, -0.2) is 41.0 Å². The molecule has 2 amide bonds. The molecule has 0 aliphatic carbocycles. The minimum absolute atomic E-state index is 0.108. The number of ether oxygens (including phenoxy) is 1. The molecule has 0 aromatic carbocycles. The van der Waals surface area contributed by atoms with E-state index in [1.165, 1.54) is 6.07 Å². The molecule has 18 heavy (non-hydrogen) atoms. The fourth-order valence-electron chi connectivity index (χ4n) is 1.65. The van der Waals surface area contributed by atoms with Crippen molar-refractivity contribution in [2.24, 2.45) is 0 Å². The lowest BCUT2D eigenvalue weighted by Crippen LogP contribution is -2.45. The van der Waals surface area contributed by atoms with Gasteiger partial charge in [0.15, 0.2) is 0 Å². The molecule has 0 bridgehead atoms. The number of thiophene rings is 1. The van der Waals surface area contributed by atoms with Crippen molar-refractivity contribution in [3.63, 3.8) is 0 Å². The normalized spacial score (nSPS) is 16.2. The molecule has 96 valence electrons. The Hall–Kier alpha value is -1.73. The number of carboxylic acid groups (broad SMARTS) is 1. The monoisotopic (exact) mass is 269 g/mol. The average Bonchev–Trinajstić information content (AvgIpc) is 2.66. The van der Waals surface area contributed by atoms with Gasteiger partial charge in [0.05, 0.1) is 6.54 Å². The van der Waals surface area contributed by atoms with Crippen molar-refractivity contribution in [1.82, 2.24) is 4.90 Å². The number of carboxylic acids is 1. The Kier molecular flexibility index (Phi) is 3.44. The van der Waals surface area contributed by atoms with Gasteiger partial charge in [-0.05, 0) is 18.6 Å². The molecular formula is C11H11NO5S. The number of aryl methyl sites for hydroxylation is 1. The van der Waals surface area contributed by atoms with Crippen LogP contribution in [0.2, 0.25) is 0 Å². The van der Waals surface area contributed by atoms with E-state index < -0.39 is 17.8 Å². The molecule has 7 heteroatoms. The Morgan fingerprint density at radius 2 is 2.06 bits per heavy atom. The van der Waals surface area contributed by atoms with Crippen LogP contribution in [0.5, 0.6) is 0 Å². The zero-order chi connectivity index (χ0) is 13.3. The molecule has 1 fully saturated rings. The average molecular weight is 269 g/mol. The second-order valence-electron chi connectivity index (χ2n) is 3.86. The number of carbonyl (C=O) groups excluding carboxylic acids is 2. The van der Waals surface area contributed by atoms with Crippen LogP contribution >= 0.6 is 11.3 Å². The predicted molar refractivity (Wildman–Crippen MR) is 62.4 cm³/mol. The van der Waals surface area contributed by atoms with Crippen LogP contribution < -0.4 is 0 Å². The van der Waals surface area contributed by atoms with Crippen LogP contribution in [0, 0.1) is 6.92 Å². The van der Waals surface area contributed by atoms with Crippen LogP contribution in [0.15, 0.2) is 6.07 Å². The van der Waals surface area contributed by atoms with Crippen molar-refractivity contribution in [2.45, 2.75) is 13.5 Å². The summed E-state index contributed by atoms with van der Waals surface area (Å²) in [5, 5.41) is 8.88. The fraction of sp³-hybridized carbons (Fsp3) is 0.364. The quantitative estimate of drug-likeness (QED) is 0.814. The summed E-state index contributed by atoms with van der Waals surface area (Å²) in [5.41, 5.74) is 0.681. The molecular weight excluding hydrogens is 258 g/mol. The lowest BCUT2D eigenvalue weighted by Gasteiger charge is -2.24. The van der Waals surface area contributed by atoms with Gasteiger partial charge in [-0.15, -0.1) is 11.3 Å². The maximum absolute atomic E-state index is 11.5. The first-order valence-electron chi connectivity index (χ1n) is 5.22. The number of amides is 2. The molecule has 0 radical (unpaired) electrons. The lowest BCUT2D eigenvalue weighted by atomic mass is 10.2. The molecule has 1 saturated heterocycles. The van der Waals surface area contributed by atoms with E-state index in [-0.39, 0.29) is 24.6 Å². The second kappa shape index (κ2) is 4.87. The number of hydrogen-bond donors (Lipinski definition) is 1. The highest BCUT2D eigenvalue weighted by Crippen LogP contribution is 2.23. The van der Waals surface area contributed by atoms with E-state index in [0.29, 0.717) is 5.56 Å². The van der Waals surface area contributed by atoms with Crippen molar-refractivity contribution in [3.8, 4) is 0 Å². The SMILES string of the molecule is Cc1sc(C(=O)O)cc1CN1C(=O)COCC1=O. The maximum atomic E-state index is 11.5. The van der Waals surface area contributed by atoms with Gasteiger partial charge in [-0.2, -0.15) is 0 Å². The summed E-state index contributed by atoms with van der Waals surface area (Å²) < 4.78 is 4.80. The number of rotatable bonds is 3. The van der Waals surface area contributed by atoms with Gasteiger partial charge in [0.25, 0.3) is 11.8 Å². The number of aromatic carboxylic acids is 1. The molecule has 0 saturated carbocycles. The van der Waals surface area contributed by atoms with Crippen LogP contribution in [-0.2, 0) is 20.9 Å². The molecule has 1 N–H and O–H groups in total. The minimum Gasteiger partial charge on any atom is -0.477 e. The Labute approximate surface area is 107 Å². The van der Waals surface area contributed by atoms with Crippen molar-refractivity contribution in [1.29, 1.82) is 0 Å². The summed E-state index contributed by atoms with van der Waals surface area (Å²) in [7, 11) is 0. The second-order valence-corrected chi connectivity index (χ2v) is 5.12. The van der Waals surface area contributed by atoms with Crippen LogP contribution in [0.3, 0.4) is 0 Å². The van der Waals surface area contributed by atoms with Gasteiger partial charge < -0.3 is 9.84 Å². The molecule has 2 rings (SSSR count). The van der Waals surface area contributed by atoms with Gasteiger partial charge in [0.2, 0.25) is 0 Å². The van der Waals surface area contributed by atoms with E-state index in [1.807, 2.05) is 0 Å². The summed E-state index contributed by atoms with van der Waals surface area (Å²) in [5.74, 6) is -1.79. The van der Waals surface area contributed by atoms with Gasteiger partial charge in [0, 0.05) is 4.88 Å². The van der Waals surface area contributed by atoms with E-state index in [0.717, 1.165) is 21.1 Å². The standard InChI is InChI=1S/C11H11NO5S/c1-6-7(2-8(18-6)11(15)16)3-12-9(13)4-17-5-10(12)14/h2H,3-5H2,1H3,(H,15,16). The summed E-state index contributed by atoms with van der Waals surface area (Å²) in [6.45, 7) is 1.65. The summed E-state index contributed by atoms with van der Waals surface area (Å²) >= 11 is 1.13. The van der Waals surface area contributed by atoms with Crippen molar-refractivity contribution >= 4 is 29.1 Å². The summed E-state index contributed by atoms with van der Waals surface area (Å²) in [6, 6.07) is 1.50. The van der Waals surface area contributed by atoms with E-state index in [1.54, 1.807) is 6.92 Å². The fourth-order valence-corrected chi connectivity index (χ4v) is 2.52. The Balaban J connectivity index is 2.20. The van der Waals surface area contributed by atoms with Crippen molar-refractivity contribution in [3.05, 3.63) is 21.4 Å². The van der Waals surface area contributed by atoms with E-state index in [2.05, 4.69) is 0 Å². The third kappa shape index (κ3) is 2.41.